The highest BCUT2D eigenvalue weighted by Crippen LogP contribution is 2.35. The molecular formula is C12H10N2O3. The highest BCUT2D eigenvalue weighted by molar-refractivity contribution is 5.45. The SMILES string of the molecule is OC(c1ccc2c(c1)OCO2)c1cnccn1. The van der Waals surface area contributed by atoms with Gasteiger partial charge < -0.3 is 14.6 Å². The number of aromatic nitrogens is 2. The number of aliphatic hydroxyl groups is 1. The van der Waals surface area contributed by atoms with Crippen LogP contribution in [-0.4, -0.2) is 21.9 Å². The molecule has 0 saturated heterocycles. The molecule has 3 rings (SSSR count). The number of benzene rings is 1. The second-order valence-electron chi connectivity index (χ2n) is 3.65. The van der Waals surface area contributed by atoms with Gasteiger partial charge in [0.2, 0.25) is 6.79 Å². The average molecular weight is 230 g/mol. The minimum Gasteiger partial charge on any atom is -0.454 e. The molecule has 2 heterocycles. The molecule has 1 aromatic heterocycles. The highest BCUT2D eigenvalue weighted by atomic mass is 16.7. The Hall–Kier alpha value is -2.14. The third-order valence-corrected chi connectivity index (χ3v) is 2.58. The number of hydrogen-bond donors (Lipinski definition) is 1. The van der Waals surface area contributed by atoms with Gasteiger partial charge in [-0.1, -0.05) is 6.07 Å². The van der Waals surface area contributed by atoms with Crippen molar-refractivity contribution >= 4 is 0 Å². The fourth-order valence-electron chi connectivity index (χ4n) is 1.71. The number of hydrogen-bond acceptors (Lipinski definition) is 5. The van der Waals surface area contributed by atoms with Gasteiger partial charge in [0.25, 0.3) is 0 Å². The number of rotatable bonds is 2. The molecule has 0 amide bonds. The van der Waals surface area contributed by atoms with Gasteiger partial charge in [0.05, 0.1) is 11.9 Å². The zero-order valence-corrected chi connectivity index (χ0v) is 8.91. The van der Waals surface area contributed by atoms with E-state index in [9.17, 15) is 5.11 Å². The first-order valence-electron chi connectivity index (χ1n) is 5.18. The van der Waals surface area contributed by atoms with Crippen LogP contribution in [0.2, 0.25) is 0 Å². The van der Waals surface area contributed by atoms with Crippen molar-refractivity contribution < 1.29 is 14.6 Å². The molecule has 1 unspecified atom stereocenters. The molecule has 1 N–H and O–H groups in total. The van der Waals surface area contributed by atoms with Crippen LogP contribution < -0.4 is 9.47 Å². The molecule has 0 spiro atoms. The van der Waals surface area contributed by atoms with Gasteiger partial charge >= 0.3 is 0 Å². The average Bonchev–Trinajstić information content (AvgIpc) is 2.86. The Bertz CT molecular complexity index is 531. The molecule has 0 bridgehead atoms. The predicted octanol–water partition coefficient (Wildman–Crippen LogP) is 1.29. The van der Waals surface area contributed by atoms with Crippen LogP contribution in [0.5, 0.6) is 11.5 Å². The first-order valence-corrected chi connectivity index (χ1v) is 5.18. The van der Waals surface area contributed by atoms with Crippen molar-refractivity contribution in [1.29, 1.82) is 0 Å². The Morgan fingerprint density at radius 3 is 2.88 bits per heavy atom. The van der Waals surface area contributed by atoms with Crippen molar-refractivity contribution in [2.75, 3.05) is 6.79 Å². The van der Waals surface area contributed by atoms with Gasteiger partial charge in [0.1, 0.15) is 6.10 Å². The van der Waals surface area contributed by atoms with Crippen LogP contribution in [0, 0.1) is 0 Å². The van der Waals surface area contributed by atoms with Crippen molar-refractivity contribution in [3.63, 3.8) is 0 Å². The van der Waals surface area contributed by atoms with E-state index in [4.69, 9.17) is 9.47 Å². The molecular weight excluding hydrogens is 220 g/mol. The monoisotopic (exact) mass is 230 g/mol. The molecule has 0 fully saturated rings. The van der Waals surface area contributed by atoms with Gasteiger partial charge in [-0.2, -0.15) is 0 Å². The smallest absolute Gasteiger partial charge is 0.231 e. The third-order valence-electron chi connectivity index (χ3n) is 2.58. The van der Waals surface area contributed by atoms with E-state index >= 15 is 0 Å². The van der Waals surface area contributed by atoms with E-state index in [1.54, 1.807) is 30.6 Å². The summed E-state index contributed by atoms with van der Waals surface area (Å²) in [5.74, 6) is 1.34. The summed E-state index contributed by atoms with van der Waals surface area (Å²) in [6.45, 7) is 0.222. The number of ether oxygens (including phenoxy) is 2. The molecule has 5 nitrogen and oxygen atoms in total. The van der Waals surface area contributed by atoms with Gasteiger partial charge in [0, 0.05) is 12.4 Å². The molecule has 0 saturated carbocycles. The lowest BCUT2D eigenvalue weighted by atomic mass is 10.1. The molecule has 2 aromatic rings. The second kappa shape index (κ2) is 4.03. The molecule has 1 atom stereocenters. The van der Waals surface area contributed by atoms with Gasteiger partial charge in [-0.25, -0.2) is 0 Å². The maximum absolute atomic E-state index is 10.1. The van der Waals surface area contributed by atoms with Crippen LogP contribution in [0.1, 0.15) is 17.4 Å². The maximum atomic E-state index is 10.1. The molecule has 0 aliphatic carbocycles. The lowest BCUT2D eigenvalue weighted by molar-refractivity contribution is 0.173. The molecule has 17 heavy (non-hydrogen) atoms. The molecule has 1 aromatic carbocycles. The van der Waals surface area contributed by atoms with Crippen LogP contribution in [0.4, 0.5) is 0 Å². The minimum absolute atomic E-state index is 0.222. The molecule has 0 radical (unpaired) electrons. The summed E-state index contributed by atoms with van der Waals surface area (Å²) in [5.41, 5.74) is 1.21. The van der Waals surface area contributed by atoms with Crippen LogP contribution in [-0.2, 0) is 0 Å². The first kappa shape index (κ1) is 10.0. The minimum atomic E-state index is -0.807. The van der Waals surface area contributed by atoms with Crippen molar-refractivity contribution in [3.05, 3.63) is 48.0 Å². The van der Waals surface area contributed by atoms with E-state index in [2.05, 4.69) is 9.97 Å². The second-order valence-corrected chi connectivity index (χ2v) is 3.65. The molecule has 5 heteroatoms. The normalized spacial score (nSPS) is 14.6. The largest absolute Gasteiger partial charge is 0.454 e. The number of aliphatic hydroxyl groups excluding tert-OH is 1. The fraction of sp³-hybridized carbons (Fsp3) is 0.167. The van der Waals surface area contributed by atoms with Crippen LogP contribution in [0.3, 0.4) is 0 Å². The third kappa shape index (κ3) is 1.81. The van der Waals surface area contributed by atoms with E-state index in [0.717, 1.165) is 0 Å². The van der Waals surface area contributed by atoms with Gasteiger partial charge in [-0.15, -0.1) is 0 Å². The topological polar surface area (TPSA) is 64.5 Å². The summed E-state index contributed by atoms with van der Waals surface area (Å²) in [6.07, 6.45) is 3.84. The number of nitrogens with zero attached hydrogens (tertiary/aromatic N) is 2. The highest BCUT2D eigenvalue weighted by Gasteiger charge is 2.18. The standard InChI is InChI=1S/C12H10N2O3/c15-12(9-6-13-3-4-14-9)8-1-2-10-11(5-8)17-7-16-10/h1-6,12,15H,7H2. The van der Waals surface area contributed by atoms with Crippen molar-refractivity contribution in [2.45, 2.75) is 6.10 Å². The van der Waals surface area contributed by atoms with E-state index in [-0.39, 0.29) is 6.79 Å². The van der Waals surface area contributed by atoms with E-state index < -0.39 is 6.10 Å². The zero-order valence-electron chi connectivity index (χ0n) is 8.91. The molecule has 86 valence electrons. The number of fused-ring (bicyclic) bond motifs is 1. The van der Waals surface area contributed by atoms with E-state index in [0.29, 0.717) is 22.8 Å². The van der Waals surface area contributed by atoms with Crippen LogP contribution in [0.25, 0.3) is 0 Å². The van der Waals surface area contributed by atoms with Crippen molar-refractivity contribution in [3.8, 4) is 11.5 Å². The van der Waals surface area contributed by atoms with Crippen LogP contribution >= 0.6 is 0 Å². The Morgan fingerprint density at radius 2 is 2.06 bits per heavy atom. The van der Waals surface area contributed by atoms with E-state index in [1.165, 1.54) is 6.20 Å². The fourth-order valence-corrected chi connectivity index (χ4v) is 1.71. The summed E-state index contributed by atoms with van der Waals surface area (Å²) in [7, 11) is 0. The molecule has 1 aliphatic rings. The zero-order chi connectivity index (χ0) is 11.7. The molecule has 1 aliphatic heterocycles. The summed E-state index contributed by atoms with van der Waals surface area (Å²) >= 11 is 0. The lowest BCUT2D eigenvalue weighted by Gasteiger charge is -2.10. The van der Waals surface area contributed by atoms with Gasteiger partial charge in [0.15, 0.2) is 11.5 Å². The Balaban J connectivity index is 1.94. The van der Waals surface area contributed by atoms with Gasteiger partial charge in [-0.05, 0) is 17.7 Å². The summed E-state index contributed by atoms with van der Waals surface area (Å²) in [6, 6.07) is 5.31. The quantitative estimate of drug-likeness (QED) is 0.842. The van der Waals surface area contributed by atoms with Gasteiger partial charge in [-0.3, -0.25) is 9.97 Å². The Kier molecular flexibility index (Phi) is 2.38. The van der Waals surface area contributed by atoms with Crippen LogP contribution in [0.15, 0.2) is 36.8 Å². The van der Waals surface area contributed by atoms with Crippen molar-refractivity contribution in [2.24, 2.45) is 0 Å². The lowest BCUT2D eigenvalue weighted by Crippen LogP contribution is -2.02. The predicted molar refractivity (Wildman–Crippen MR) is 58.7 cm³/mol. The summed E-state index contributed by atoms with van der Waals surface area (Å²) < 4.78 is 10.5. The summed E-state index contributed by atoms with van der Waals surface area (Å²) in [5, 5.41) is 10.1. The first-order chi connectivity index (χ1) is 8.34. The summed E-state index contributed by atoms with van der Waals surface area (Å²) in [4.78, 5) is 7.99. The van der Waals surface area contributed by atoms with E-state index in [1.807, 2.05) is 0 Å². The maximum Gasteiger partial charge on any atom is 0.231 e. The van der Waals surface area contributed by atoms with Crippen molar-refractivity contribution in [1.82, 2.24) is 9.97 Å². The Morgan fingerprint density at radius 1 is 1.18 bits per heavy atom. The Labute approximate surface area is 97.7 Å².